The minimum atomic E-state index is -1.63. The Kier molecular flexibility index (Phi) is 6.93. The van der Waals surface area contributed by atoms with Gasteiger partial charge in [-0.1, -0.05) is 18.2 Å². The van der Waals surface area contributed by atoms with E-state index in [1.165, 1.54) is 25.5 Å². The van der Waals surface area contributed by atoms with Crippen LogP contribution in [0.4, 0.5) is 8.78 Å². The molecule has 2 aromatic carbocycles. The van der Waals surface area contributed by atoms with Gasteiger partial charge in [0.25, 0.3) is 11.8 Å². The fraction of sp³-hybridized carbons (Fsp3) is 0.120. The summed E-state index contributed by atoms with van der Waals surface area (Å²) in [6.45, 7) is 0.352. The van der Waals surface area contributed by atoms with Crippen LogP contribution in [0.3, 0.4) is 0 Å². The van der Waals surface area contributed by atoms with Gasteiger partial charge in [-0.05, 0) is 41.0 Å². The predicted octanol–water partition coefficient (Wildman–Crippen LogP) is 5.08. The molecule has 2 heterocycles. The molecule has 0 fully saturated rings. The zero-order valence-electron chi connectivity index (χ0n) is 18.4. The second-order valence-corrected chi connectivity index (χ2v) is 7.36. The van der Waals surface area contributed by atoms with E-state index in [0.717, 1.165) is 17.4 Å². The van der Waals surface area contributed by atoms with E-state index in [4.69, 9.17) is 24.4 Å². The third kappa shape index (κ3) is 5.39. The summed E-state index contributed by atoms with van der Waals surface area (Å²) < 4.78 is 49.9. The molecule has 0 radical (unpaired) electrons. The third-order valence-electron chi connectivity index (χ3n) is 4.99. The molecule has 4 aromatic rings. The number of nitrogens with zero attached hydrogens (tertiary/aromatic N) is 1. The van der Waals surface area contributed by atoms with Gasteiger partial charge in [0.2, 0.25) is 6.10 Å². The quantitative estimate of drug-likeness (QED) is 0.339. The Labute approximate surface area is 198 Å². The zero-order chi connectivity index (χ0) is 24.9. The number of nitrogens with two attached hydrogens (primary N) is 1. The van der Waals surface area contributed by atoms with Crippen molar-refractivity contribution in [1.82, 2.24) is 4.98 Å². The van der Waals surface area contributed by atoms with Crippen molar-refractivity contribution >= 4 is 5.97 Å². The Morgan fingerprint density at radius 3 is 2.51 bits per heavy atom. The van der Waals surface area contributed by atoms with E-state index in [2.05, 4.69) is 4.98 Å². The lowest BCUT2D eigenvalue weighted by Crippen LogP contribution is -2.19. The van der Waals surface area contributed by atoms with Crippen molar-refractivity contribution in [1.29, 1.82) is 0 Å². The molecule has 0 saturated heterocycles. The first-order valence-electron chi connectivity index (χ1n) is 10.3. The summed E-state index contributed by atoms with van der Waals surface area (Å²) >= 11 is 0. The van der Waals surface area contributed by atoms with Crippen LogP contribution < -0.4 is 19.9 Å². The number of ether oxygens (including phenoxy) is 3. The number of carbonyl (C=O) groups is 1. The number of hydrogen-bond acceptors (Lipinski definition) is 7. The van der Waals surface area contributed by atoms with Crippen LogP contribution in [0.15, 0.2) is 71.5 Å². The van der Waals surface area contributed by atoms with Crippen LogP contribution in [-0.4, -0.2) is 23.2 Å². The summed E-state index contributed by atoms with van der Waals surface area (Å²) in [7, 11) is 1.46. The normalized spacial score (nSPS) is 11.7. The highest BCUT2D eigenvalue weighted by atomic mass is 19.1. The maximum Gasteiger partial charge on any atom is 0.349 e. The van der Waals surface area contributed by atoms with Gasteiger partial charge in [-0.25, -0.2) is 13.6 Å². The monoisotopic (exact) mass is 482 g/mol. The van der Waals surface area contributed by atoms with Gasteiger partial charge < -0.3 is 29.5 Å². The highest BCUT2D eigenvalue weighted by Gasteiger charge is 2.26. The first kappa shape index (κ1) is 23.7. The molecule has 0 bridgehead atoms. The van der Waals surface area contributed by atoms with Crippen molar-refractivity contribution in [2.24, 2.45) is 5.73 Å². The van der Waals surface area contributed by atoms with E-state index in [0.29, 0.717) is 23.9 Å². The number of furan rings is 1. The van der Waals surface area contributed by atoms with Gasteiger partial charge in [-0.15, -0.1) is 0 Å². The van der Waals surface area contributed by atoms with E-state index in [1.54, 1.807) is 12.1 Å². The fourth-order valence-electron chi connectivity index (χ4n) is 3.29. The van der Waals surface area contributed by atoms with Crippen molar-refractivity contribution in [2.75, 3.05) is 7.11 Å². The Balaban J connectivity index is 1.68. The summed E-state index contributed by atoms with van der Waals surface area (Å²) in [6, 6.07) is 14.2. The molecule has 10 heteroatoms. The van der Waals surface area contributed by atoms with Crippen LogP contribution >= 0.6 is 0 Å². The van der Waals surface area contributed by atoms with E-state index >= 15 is 0 Å². The van der Waals surface area contributed by atoms with Gasteiger partial charge in [-0.2, -0.15) is 4.98 Å². The summed E-state index contributed by atoms with van der Waals surface area (Å²) in [5.41, 5.74) is 8.26. The van der Waals surface area contributed by atoms with Gasteiger partial charge in [0.05, 0.1) is 19.6 Å². The largest absolute Gasteiger partial charge is 0.497 e. The number of methoxy groups -OCH3 is 1. The molecule has 0 amide bonds. The number of aliphatic carboxylic acids is 1. The molecule has 0 aliphatic rings. The maximum atomic E-state index is 14.5. The summed E-state index contributed by atoms with van der Waals surface area (Å²) in [4.78, 5) is 15.3. The van der Waals surface area contributed by atoms with Crippen LogP contribution in [0.25, 0.3) is 11.1 Å². The SMILES string of the molecule is COc1cc(Oc2nc(OC(C(=O)O)c3ccoc3)c(F)cc2F)cc(-c2cccc(CN)c2)c1. The van der Waals surface area contributed by atoms with E-state index in [-0.39, 0.29) is 11.3 Å². The van der Waals surface area contributed by atoms with Gasteiger partial charge in [-0.3, -0.25) is 0 Å². The van der Waals surface area contributed by atoms with Crippen molar-refractivity contribution in [3.8, 4) is 34.4 Å². The molecule has 1 unspecified atom stereocenters. The first-order valence-corrected chi connectivity index (χ1v) is 10.3. The minimum absolute atomic E-state index is 0.114. The second kappa shape index (κ2) is 10.2. The number of carboxylic acid groups (broad SMARTS) is 1. The Morgan fingerprint density at radius 2 is 1.83 bits per heavy atom. The molecule has 0 saturated carbocycles. The van der Waals surface area contributed by atoms with Gasteiger partial charge in [0.15, 0.2) is 11.6 Å². The number of carboxylic acids is 1. The van der Waals surface area contributed by atoms with Crippen LogP contribution in [0, 0.1) is 11.6 Å². The molecule has 8 nitrogen and oxygen atoms in total. The number of rotatable bonds is 9. The van der Waals surface area contributed by atoms with E-state index < -0.39 is 35.5 Å². The van der Waals surface area contributed by atoms with Crippen molar-refractivity contribution in [2.45, 2.75) is 12.6 Å². The minimum Gasteiger partial charge on any atom is -0.497 e. The summed E-state index contributed by atoms with van der Waals surface area (Å²) in [5, 5.41) is 9.45. The molecule has 2 aromatic heterocycles. The average Bonchev–Trinajstić information content (AvgIpc) is 3.39. The molecule has 3 N–H and O–H groups in total. The van der Waals surface area contributed by atoms with Gasteiger partial charge >= 0.3 is 5.97 Å². The lowest BCUT2D eigenvalue weighted by Gasteiger charge is -2.15. The zero-order valence-corrected chi connectivity index (χ0v) is 18.4. The third-order valence-corrected chi connectivity index (χ3v) is 4.99. The number of aromatic nitrogens is 1. The molecular weight excluding hydrogens is 462 g/mol. The van der Waals surface area contributed by atoms with Crippen LogP contribution in [0.1, 0.15) is 17.2 Å². The van der Waals surface area contributed by atoms with Crippen LogP contribution in [-0.2, 0) is 11.3 Å². The summed E-state index contributed by atoms with van der Waals surface area (Å²) in [5.74, 6) is -4.54. The molecule has 0 aliphatic heterocycles. The molecule has 180 valence electrons. The average molecular weight is 482 g/mol. The maximum absolute atomic E-state index is 14.5. The molecular formula is C25H20F2N2O6. The van der Waals surface area contributed by atoms with Crippen molar-refractivity contribution < 1.29 is 37.3 Å². The highest BCUT2D eigenvalue weighted by Crippen LogP contribution is 2.35. The molecule has 35 heavy (non-hydrogen) atoms. The summed E-state index contributed by atoms with van der Waals surface area (Å²) in [6.07, 6.45) is 0.739. The molecule has 4 rings (SSSR count). The van der Waals surface area contributed by atoms with Crippen molar-refractivity contribution in [3.63, 3.8) is 0 Å². The fourth-order valence-corrected chi connectivity index (χ4v) is 3.29. The number of benzene rings is 2. The molecule has 1 atom stereocenters. The predicted molar refractivity (Wildman–Crippen MR) is 120 cm³/mol. The number of hydrogen-bond donors (Lipinski definition) is 2. The molecule has 0 spiro atoms. The van der Waals surface area contributed by atoms with Crippen LogP contribution in [0.5, 0.6) is 23.3 Å². The van der Waals surface area contributed by atoms with Crippen LogP contribution in [0.2, 0.25) is 0 Å². The topological polar surface area (TPSA) is 117 Å². The van der Waals surface area contributed by atoms with Gasteiger partial charge in [0, 0.05) is 24.2 Å². The second-order valence-electron chi connectivity index (χ2n) is 7.36. The Bertz CT molecular complexity index is 1340. The smallest absolute Gasteiger partial charge is 0.349 e. The standard InChI is InChI=1S/C25H20F2N2O6/c1-32-18-8-17(15-4-2-3-14(7-15)12-28)9-19(10-18)34-23-20(26)11-21(27)24(29-23)35-22(25(30)31)16-5-6-33-13-16/h2-11,13,22H,12,28H2,1H3,(H,30,31). The lowest BCUT2D eigenvalue weighted by atomic mass is 10.0. The van der Waals surface area contributed by atoms with E-state index in [1.807, 2.05) is 24.3 Å². The van der Waals surface area contributed by atoms with Crippen molar-refractivity contribution in [3.05, 3.63) is 89.9 Å². The van der Waals surface area contributed by atoms with E-state index in [9.17, 15) is 18.7 Å². The highest BCUT2D eigenvalue weighted by molar-refractivity contribution is 5.74. The Hall–Kier alpha value is -4.44. The van der Waals surface area contributed by atoms with Gasteiger partial charge in [0.1, 0.15) is 11.5 Å². The number of halogens is 2. The number of pyridine rings is 1. The first-order chi connectivity index (χ1) is 16.9. The Morgan fingerprint density at radius 1 is 1.06 bits per heavy atom. The molecule has 0 aliphatic carbocycles. The lowest BCUT2D eigenvalue weighted by molar-refractivity contribution is -0.145.